The SMILES string of the molecule is COc1ccc(CCNc2ccnc(Nc3cnccn3)n2)cc1. The summed E-state index contributed by atoms with van der Waals surface area (Å²) in [4.78, 5) is 16.7. The Bertz CT molecular complexity index is 764. The Morgan fingerprint density at radius 2 is 1.83 bits per heavy atom. The first kappa shape index (κ1) is 15.7. The van der Waals surface area contributed by atoms with Crippen molar-refractivity contribution in [2.45, 2.75) is 6.42 Å². The number of hydrogen-bond donors (Lipinski definition) is 2. The molecule has 2 N–H and O–H groups in total. The summed E-state index contributed by atoms with van der Waals surface area (Å²) in [6.07, 6.45) is 7.43. The molecule has 1 aromatic carbocycles. The van der Waals surface area contributed by atoms with Crippen molar-refractivity contribution in [1.82, 2.24) is 19.9 Å². The summed E-state index contributed by atoms with van der Waals surface area (Å²) in [6, 6.07) is 9.87. The number of hydrogen-bond acceptors (Lipinski definition) is 7. The molecule has 0 radical (unpaired) electrons. The van der Waals surface area contributed by atoms with Crippen LogP contribution in [0.25, 0.3) is 0 Å². The standard InChI is InChI=1S/C17H18N6O/c1-24-14-4-2-13(3-5-14)6-8-19-15-7-9-21-17(22-15)23-16-12-18-10-11-20-16/h2-5,7,9-12H,6,8H2,1H3,(H2,19,20,21,22,23). The van der Waals surface area contributed by atoms with E-state index in [0.717, 1.165) is 24.5 Å². The lowest BCUT2D eigenvalue weighted by atomic mass is 10.1. The van der Waals surface area contributed by atoms with Gasteiger partial charge in [0.15, 0.2) is 5.82 Å². The van der Waals surface area contributed by atoms with Crippen molar-refractivity contribution in [3.63, 3.8) is 0 Å². The van der Waals surface area contributed by atoms with Gasteiger partial charge in [-0.3, -0.25) is 4.98 Å². The lowest BCUT2D eigenvalue weighted by molar-refractivity contribution is 0.414. The molecule has 0 saturated heterocycles. The number of methoxy groups -OCH3 is 1. The topological polar surface area (TPSA) is 84.9 Å². The summed E-state index contributed by atoms with van der Waals surface area (Å²) in [5.74, 6) is 2.70. The van der Waals surface area contributed by atoms with Gasteiger partial charge in [0, 0.05) is 25.1 Å². The second-order valence-electron chi connectivity index (χ2n) is 5.01. The fourth-order valence-electron chi connectivity index (χ4n) is 2.12. The highest BCUT2D eigenvalue weighted by Crippen LogP contribution is 2.13. The number of benzene rings is 1. The normalized spacial score (nSPS) is 10.2. The van der Waals surface area contributed by atoms with Gasteiger partial charge in [0.1, 0.15) is 11.6 Å². The van der Waals surface area contributed by atoms with Crippen LogP contribution in [0.3, 0.4) is 0 Å². The van der Waals surface area contributed by atoms with Crippen LogP contribution < -0.4 is 15.4 Å². The van der Waals surface area contributed by atoms with E-state index in [1.165, 1.54) is 5.56 Å². The molecule has 0 atom stereocenters. The molecule has 0 aliphatic rings. The van der Waals surface area contributed by atoms with Gasteiger partial charge < -0.3 is 15.4 Å². The lowest BCUT2D eigenvalue weighted by Gasteiger charge is -2.08. The minimum absolute atomic E-state index is 0.477. The van der Waals surface area contributed by atoms with Gasteiger partial charge in [0.2, 0.25) is 5.95 Å². The van der Waals surface area contributed by atoms with Crippen LogP contribution in [0.1, 0.15) is 5.56 Å². The van der Waals surface area contributed by atoms with Gasteiger partial charge in [-0.2, -0.15) is 4.98 Å². The van der Waals surface area contributed by atoms with Crippen molar-refractivity contribution < 1.29 is 4.74 Å². The number of rotatable bonds is 7. The molecule has 2 aromatic heterocycles. The molecule has 0 bridgehead atoms. The van der Waals surface area contributed by atoms with E-state index in [9.17, 15) is 0 Å². The van der Waals surface area contributed by atoms with Crippen molar-refractivity contribution in [3.05, 3.63) is 60.7 Å². The number of nitrogens with one attached hydrogen (secondary N) is 2. The predicted octanol–water partition coefficient (Wildman–Crippen LogP) is 2.67. The molecule has 2 heterocycles. The number of ether oxygens (including phenoxy) is 1. The van der Waals surface area contributed by atoms with E-state index in [-0.39, 0.29) is 0 Å². The molecule has 7 nitrogen and oxygen atoms in total. The molecular formula is C17H18N6O. The third-order valence-electron chi connectivity index (χ3n) is 3.34. The summed E-state index contributed by atoms with van der Waals surface area (Å²) >= 11 is 0. The fourth-order valence-corrected chi connectivity index (χ4v) is 2.12. The summed E-state index contributed by atoms with van der Waals surface area (Å²) < 4.78 is 5.16. The third kappa shape index (κ3) is 4.39. The molecular weight excluding hydrogens is 304 g/mol. The first-order valence-corrected chi connectivity index (χ1v) is 7.56. The van der Waals surface area contributed by atoms with Gasteiger partial charge in [-0.25, -0.2) is 9.97 Å². The Hall–Kier alpha value is -3.22. The Morgan fingerprint density at radius 3 is 2.58 bits per heavy atom. The average Bonchev–Trinajstić information content (AvgIpc) is 2.63. The van der Waals surface area contributed by atoms with Crippen molar-refractivity contribution in [2.75, 3.05) is 24.3 Å². The maximum absolute atomic E-state index is 5.16. The van der Waals surface area contributed by atoms with E-state index >= 15 is 0 Å². The highest BCUT2D eigenvalue weighted by molar-refractivity contribution is 5.48. The van der Waals surface area contributed by atoms with Crippen molar-refractivity contribution in [2.24, 2.45) is 0 Å². The molecule has 3 aromatic rings. The minimum atomic E-state index is 0.477. The zero-order valence-corrected chi connectivity index (χ0v) is 13.3. The van der Waals surface area contributed by atoms with E-state index < -0.39 is 0 Å². The molecule has 3 rings (SSSR count). The van der Waals surface area contributed by atoms with Crippen LogP contribution in [0.5, 0.6) is 5.75 Å². The molecule has 0 spiro atoms. The van der Waals surface area contributed by atoms with Crippen LogP contribution in [-0.4, -0.2) is 33.6 Å². The number of nitrogens with zero attached hydrogens (tertiary/aromatic N) is 4. The van der Waals surface area contributed by atoms with Gasteiger partial charge in [0.25, 0.3) is 0 Å². The van der Waals surface area contributed by atoms with Crippen LogP contribution in [0.2, 0.25) is 0 Å². The van der Waals surface area contributed by atoms with E-state index in [1.807, 2.05) is 18.2 Å². The molecule has 0 aliphatic heterocycles. The fraction of sp³-hybridized carbons (Fsp3) is 0.176. The van der Waals surface area contributed by atoms with E-state index in [2.05, 4.69) is 42.7 Å². The van der Waals surface area contributed by atoms with Gasteiger partial charge in [-0.15, -0.1) is 0 Å². The second kappa shape index (κ2) is 7.87. The van der Waals surface area contributed by atoms with Crippen LogP contribution in [0.15, 0.2) is 55.1 Å². The zero-order valence-electron chi connectivity index (χ0n) is 13.3. The molecule has 0 unspecified atom stereocenters. The molecule has 0 aliphatic carbocycles. The molecule has 122 valence electrons. The third-order valence-corrected chi connectivity index (χ3v) is 3.34. The highest BCUT2D eigenvalue weighted by atomic mass is 16.5. The maximum Gasteiger partial charge on any atom is 0.230 e. The number of anilines is 3. The van der Waals surface area contributed by atoms with Gasteiger partial charge in [0.05, 0.1) is 13.3 Å². The Labute approximate surface area is 140 Å². The van der Waals surface area contributed by atoms with E-state index in [0.29, 0.717) is 11.8 Å². The first-order valence-electron chi connectivity index (χ1n) is 7.56. The average molecular weight is 322 g/mol. The largest absolute Gasteiger partial charge is 0.497 e. The van der Waals surface area contributed by atoms with Crippen LogP contribution >= 0.6 is 0 Å². The lowest BCUT2D eigenvalue weighted by Crippen LogP contribution is -2.08. The minimum Gasteiger partial charge on any atom is -0.497 e. The highest BCUT2D eigenvalue weighted by Gasteiger charge is 2.01. The molecule has 24 heavy (non-hydrogen) atoms. The quantitative estimate of drug-likeness (QED) is 0.691. The predicted molar refractivity (Wildman–Crippen MR) is 92.5 cm³/mol. The van der Waals surface area contributed by atoms with Gasteiger partial charge in [-0.05, 0) is 30.2 Å². The van der Waals surface area contributed by atoms with Crippen molar-refractivity contribution in [1.29, 1.82) is 0 Å². The monoisotopic (exact) mass is 322 g/mol. The zero-order chi connectivity index (χ0) is 16.6. The maximum atomic E-state index is 5.16. The second-order valence-corrected chi connectivity index (χ2v) is 5.01. The van der Waals surface area contributed by atoms with E-state index in [1.54, 1.807) is 31.9 Å². The van der Waals surface area contributed by atoms with Crippen LogP contribution in [0, 0.1) is 0 Å². The van der Waals surface area contributed by atoms with Gasteiger partial charge >= 0.3 is 0 Å². The van der Waals surface area contributed by atoms with Crippen LogP contribution in [-0.2, 0) is 6.42 Å². The molecule has 0 amide bonds. The Kier molecular flexibility index (Phi) is 5.14. The van der Waals surface area contributed by atoms with Crippen molar-refractivity contribution >= 4 is 17.6 Å². The van der Waals surface area contributed by atoms with E-state index in [4.69, 9.17) is 4.74 Å². The summed E-state index contributed by atoms with van der Waals surface area (Å²) in [5.41, 5.74) is 1.23. The first-order chi connectivity index (χ1) is 11.8. The summed E-state index contributed by atoms with van der Waals surface area (Å²) in [5, 5.41) is 6.30. The molecule has 0 fully saturated rings. The molecule has 0 saturated carbocycles. The Morgan fingerprint density at radius 1 is 0.958 bits per heavy atom. The smallest absolute Gasteiger partial charge is 0.230 e. The van der Waals surface area contributed by atoms with Crippen molar-refractivity contribution in [3.8, 4) is 5.75 Å². The molecule has 7 heteroatoms. The summed E-state index contributed by atoms with van der Waals surface area (Å²) in [7, 11) is 1.66. The number of aromatic nitrogens is 4. The van der Waals surface area contributed by atoms with Gasteiger partial charge in [-0.1, -0.05) is 12.1 Å². The summed E-state index contributed by atoms with van der Waals surface area (Å²) in [6.45, 7) is 0.772. The Balaban J connectivity index is 1.54. The van der Waals surface area contributed by atoms with Crippen LogP contribution in [0.4, 0.5) is 17.6 Å².